The smallest absolute Gasteiger partial charge is 0.267 e. The number of amides is 1. The Morgan fingerprint density at radius 3 is 2.79 bits per heavy atom. The standard InChI is InChI=1S/C16H16FIN4O2/c17-13-9-11(18)1-2-14(13)20-15-10-19-4-3-12(15)16(23)21-22-5-7-24-8-6-22/h1-4,9-10,20H,5-8H2,(H,21,23). The second-order valence-corrected chi connectivity index (χ2v) is 6.46. The van der Waals surface area contributed by atoms with Crippen LogP contribution in [0.3, 0.4) is 0 Å². The number of hydrazine groups is 1. The maximum absolute atomic E-state index is 14.0. The molecule has 1 aliphatic heterocycles. The number of anilines is 2. The third-order valence-electron chi connectivity index (χ3n) is 3.54. The number of nitrogens with zero attached hydrogens (tertiary/aromatic N) is 2. The average Bonchev–Trinajstić information content (AvgIpc) is 2.59. The normalized spacial score (nSPS) is 15.1. The summed E-state index contributed by atoms with van der Waals surface area (Å²) in [5, 5.41) is 4.75. The molecule has 0 atom stereocenters. The lowest BCUT2D eigenvalue weighted by molar-refractivity contribution is 0.0126. The number of ether oxygens (including phenoxy) is 1. The SMILES string of the molecule is O=C(NN1CCOCC1)c1ccncc1Nc1ccc(I)cc1F. The van der Waals surface area contributed by atoms with Gasteiger partial charge in [0.15, 0.2) is 0 Å². The molecule has 8 heteroatoms. The molecule has 0 spiro atoms. The van der Waals surface area contributed by atoms with Gasteiger partial charge < -0.3 is 10.1 Å². The van der Waals surface area contributed by atoms with E-state index in [0.29, 0.717) is 43.2 Å². The Balaban J connectivity index is 1.78. The number of carbonyl (C=O) groups excluding carboxylic acids is 1. The molecule has 0 unspecified atom stereocenters. The molecule has 126 valence electrons. The lowest BCUT2D eigenvalue weighted by atomic mass is 10.2. The van der Waals surface area contributed by atoms with Crippen LogP contribution < -0.4 is 10.7 Å². The maximum Gasteiger partial charge on any atom is 0.267 e. The van der Waals surface area contributed by atoms with Crippen molar-refractivity contribution in [1.82, 2.24) is 15.4 Å². The molecule has 0 bridgehead atoms. The molecule has 1 fully saturated rings. The van der Waals surface area contributed by atoms with Crippen LogP contribution >= 0.6 is 22.6 Å². The van der Waals surface area contributed by atoms with Gasteiger partial charge in [0.1, 0.15) is 5.82 Å². The van der Waals surface area contributed by atoms with Gasteiger partial charge in [0, 0.05) is 22.9 Å². The zero-order valence-corrected chi connectivity index (χ0v) is 14.9. The predicted octanol–water partition coefficient (Wildman–Crippen LogP) is 2.55. The molecule has 0 radical (unpaired) electrons. The Kier molecular flexibility index (Phi) is 5.59. The fourth-order valence-corrected chi connectivity index (χ4v) is 2.76. The molecule has 2 aromatic rings. The number of aromatic nitrogens is 1. The van der Waals surface area contributed by atoms with Crippen molar-refractivity contribution in [2.75, 3.05) is 31.6 Å². The second kappa shape index (κ2) is 7.86. The molecule has 2 heterocycles. The molecule has 1 aromatic carbocycles. The Morgan fingerprint density at radius 2 is 2.04 bits per heavy atom. The van der Waals surface area contributed by atoms with Crippen LogP contribution in [0, 0.1) is 9.39 Å². The zero-order chi connectivity index (χ0) is 16.9. The molecule has 0 saturated carbocycles. The number of morpholine rings is 1. The fraction of sp³-hybridized carbons (Fsp3) is 0.250. The molecule has 24 heavy (non-hydrogen) atoms. The number of hydrogen-bond acceptors (Lipinski definition) is 5. The van der Waals surface area contributed by atoms with Gasteiger partial charge in [-0.2, -0.15) is 0 Å². The first kappa shape index (κ1) is 17.1. The number of nitrogens with one attached hydrogen (secondary N) is 2. The Hall–Kier alpha value is -1.78. The van der Waals surface area contributed by atoms with E-state index in [1.165, 1.54) is 18.5 Å². The van der Waals surface area contributed by atoms with Gasteiger partial charge in [0.25, 0.3) is 5.91 Å². The van der Waals surface area contributed by atoms with Crippen LogP contribution in [0.25, 0.3) is 0 Å². The summed E-state index contributed by atoms with van der Waals surface area (Å²) < 4.78 is 20.1. The van der Waals surface area contributed by atoms with Crippen molar-refractivity contribution in [2.45, 2.75) is 0 Å². The highest BCUT2D eigenvalue weighted by atomic mass is 127. The summed E-state index contributed by atoms with van der Waals surface area (Å²) in [7, 11) is 0. The van der Waals surface area contributed by atoms with Crippen molar-refractivity contribution in [3.8, 4) is 0 Å². The van der Waals surface area contributed by atoms with Crippen molar-refractivity contribution in [1.29, 1.82) is 0 Å². The van der Waals surface area contributed by atoms with E-state index in [1.807, 2.05) is 27.6 Å². The third-order valence-corrected chi connectivity index (χ3v) is 4.21. The van der Waals surface area contributed by atoms with E-state index in [4.69, 9.17) is 4.74 Å². The number of benzene rings is 1. The Labute approximate surface area is 152 Å². The van der Waals surface area contributed by atoms with Gasteiger partial charge in [-0.25, -0.2) is 9.40 Å². The molecular formula is C16H16FIN4O2. The van der Waals surface area contributed by atoms with Crippen molar-refractivity contribution >= 4 is 39.9 Å². The quantitative estimate of drug-likeness (QED) is 0.713. The third kappa shape index (κ3) is 4.19. The van der Waals surface area contributed by atoms with Gasteiger partial charge in [-0.3, -0.25) is 15.2 Å². The first-order valence-corrected chi connectivity index (χ1v) is 8.51. The van der Waals surface area contributed by atoms with Crippen molar-refractivity contribution in [3.63, 3.8) is 0 Å². The molecular weight excluding hydrogens is 426 g/mol. The topological polar surface area (TPSA) is 66.5 Å². The van der Waals surface area contributed by atoms with Gasteiger partial charge in [-0.1, -0.05) is 0 Å². The minimum atomic E-state index is -0.384. The monoisotopic (exact) mass is 442 g/mol. The summed E-state index contributed by atoms with van der Waals surface area (Å²) in [4.78, 5) is 16.5. The van der Waals surface area contributed by atoms with Gasteiger partial charge in [-0.15, -0.1) is 0 Å². The highest BCUT2D eigenvalue weighted by Gasteiger charge is 2.17. The lowest BCUT2D eigenvalue weighted by Crippen LogP contribution is -2.48. The first-order valence-electron chi connectivity index (χ1n) is 7.43. The fourth-order valence-electron chi connectivity index (χ4n) is 2.31. The maximum atomic E-state index is 14.0. The molecule has 3 rings (SSSR count). The lowest BCUT2D eigenvalue weighted by Gasteiger charge is -2.27. The van der Waals surface area contributed by atoms with Crippen LogP contribution in [0.1, 0.15) is 10.4 Å². The van der Waals surface area contributed by atoms with E-state index >= 15 is 0 Å². The summed E-state index contributed by atoms with van der Waals surface area (Å²) in [5.41, 5.74) is 3.98. The second-order valence-electron chi connectivity index (χ2n) is 5.21. The molecule has 2 N–H and O–H groups in total. The van der Waals surface area contributed by atoms with Crippen LogP contribution in [0.4, 0.5) is 15.8 Å². The number of carbonyl (C=O) groups is 1. The van der Waals surface area contributed by atoms with Crippen LogP contribution in [0.15, 0.2) is 36.7 Å². The largest absolute Gasteiger partial charge is 0.379 e. The van der Waals surface area contributed by atoms with E-state index in [1.54, 1.807) is 18.2 Å². The summed E-state index contributed by atoms with van der Waals surface area (Å²) in [6, 6.07) is 6.44. The van der Waals surface area contributed by atoms with Gasteiger partial charge >= 0.3 is 0 Å². The number of hydrogen-bond donors (Lipinski definition) is 2. The van der Waals surface area contributed by atoms with E-state index in [0.717, 1.165) is 3.57 Å². The number of rotatable bonds is 4. The molecule has 1 amide bonds. The molecule has 6 nitrogen and oxygen atoms in total. The highest BCUT2D eigenvalue weighted by Crippen LogP contribution is 2.23. The van der Waals surface area contributed by atoms with Gasteiger partial charge in [0.05, 0.1) is 36.3 Å². The van der Waals surface area contributed by atoms with Gasteiger partial charge in [0.2, 0.25) is 0 Å². The van der Waals surface area contributed by atoms with E-state index < -0.39 is 0 Å². The van der Waals surface area contributed by atoms with Crippen molar-refractivity contribution in [2.24, 2.45) is 0 Å². The molecule has 1 aromatic heterocycles. The van der Waals surface area contributed by atoms with E-state index in [2.05, 4.69) is 15.7 Å². The van der Waals surface area contributed by atoms with Gasteiger partial charge in [-0.05, 0) is 46.9 Å². The van der Waals surface area contributed by atoms with Crippen LogP contribution in [-0.2, 0) is 4.74 Å². The summed E-state index contributed by atoms with van der Waals surface area (Å²) in [5.74, 6) is -0.655. The molecule has 0 aliphatic carbocycles. The molecule has 1 saturated heterocycles. The predicted molar refractivity (Wildman–Crippen MR) is 96.5 cm³/mol. The van der Waals surface area contributed by atoms with Crippen LogP contribution in [0.5, 0.6) is 0 Å². The summed E-state index contributed by atoms with van der Waals surface area (Å²) >= 11 is 2.04. The van der Waals surface area contributed by atoms with Crippen LogP contribution in [-0.4, -0.2) is 42.2 Å². The summed E-state index contributed by atoms with van der Waals surface area (Å²) in [6.45, 7) is 2.42. The number of pyridine rings is 1. The van der Waals surface area contributed by atoms with E-state index in [9.17, 15) is 9.18 Å². The van der Waals surface area contributed by atoms with Crippen molar-refractivity contribution in [3.05, 3.63) is 51.6 Å². The first-order chi connectivity index (χ1) is 11.6. The zero-order valence-electron chi connectivity index (χ0n) is 12.8. The summed E-state index contributed by atoms with van der Waals surface area (Å²) in [6.07, 6.45) is 3.04. The van der Waals surface area contributed by atoms with Crippen molar-refractivity contribution < 1.29 is 13.9 Å². The Morgan fingerprint density at radius 1 is 1.25 bits per heavy atom. The molecule has 1 aliphatic rings. The average molecular weight is 442 g/mol. The minimum absolute atomic E-state index is 0.271. The highest BCUT2D eigenvalue weighted by molar-refractivity contribution is 14.1. The number of halogens is 2. The Bertz CT molecular complexity index is 738. The van der Waals surface area contributed by atoms with E-state index in [-0.39, 0.29) is 11.7 Å². The minimum Gasteiger partial charge on any atom is -0.379 e. The van der Waals surface area contributed by atoms with Crippen LogP contribution in [0.2, 0.25) is 0 Å².